The number of hydrogen-bond acceptors (Lipinski definition) is 6. The number of carbonyl (C=O) groups excluding carboxylic acids is 1. The molecular weight excluding hydrogens is 274 g/mol. The van der Waals surface area contributed by atoms with Gasteiger partial charge in [-0.15, -0.1) is 11.3 Å². The highest BCUT2D eigenvalue weighted by molar-refractivity contribution is 7.09. The summed E-state index contributed by atoms with van der Waals surface area (Å²) in [5.41, 5.74) is 0.0167. The smallest absolute Gasteiger partial charge is 0.341 e. The van der Waals surface area contributed by atoms with Crippen LogP contribution in [0.5, 0.6) is 0 Å². The summed E-state index contributed by atoms with van der Waals surface area (Å²) >= 11 is 1.56. The molecule has 0 aliphatic heterocycles. The summed E-state index contributed by atoms with van der Waals surface area (Å²) in [6, 6.07) is 3.42. The Kier molecular flexibility index (Phi) is 4.34. The van der Waals surface area contributed by atoms with Gasteiger partial charge in [-0.25, -0.2) is 14.8 Å². The number of esters is 1. The van der Waals surface area contributed by atoms with Crippen molar-refractivity contribution in [1.82, 2.24) is 9.97 Å². The molecule has 0 aliphatic carbocycles. The van der Waals surface area contributed by atoms with E-state index in [9.17, 15) is 4.79 Å². The number of hydrogen-bond donors (Lipinski definition) is 1. The summed E-state index contributed by atoms with van der Waals surface area (Å²) in [4.78, 5) is 20.5. The monoisotopic (exact) mass is 291 g/mol. The summed E-state index contributed by atoms with van der Waals surface area (Å²) in [7, 11) is 0. The lowest BCUT2D eigenvalue weighted by molar-refractivity contribution is 0.0527. The lowest BCUT2D eigenvalue weighted by Crippen LogP contribution is -2.29. The van der Waals surface area contributed by atoms with Crippen LogP contribution in [-0.4, -0.2) is 22.5 Å². The zero-order chi connectivity index (χ0) is 14.6. The van der Waals surface area contributed by atoms with Gasteiger partial charge in [0, 0.05) is 17.8 Å². The summed E-state index contributed by atoms with van der Waals surface area (Å²) in [6.45, 7) is 6.11. The normalized spacial score (nSPS) is 11.2. The van der Waals surface area contributed by atoms with Crippen molar-refractivity contribution in [1.29, 1.82) is 0 Å². The van der Waals surface area contributed by atoms with Crippen molar-refractivity contribution in [2.75, 3.05) is 11.9 Å². The molecule has 0 saturated carbocycles. The fraction of sp³-hybridized carbons (Fsp3) is 0.357. The highest BCUT2D eigenvalue weighted by Crippen LogP contribution is 2.27. The Hall–Kier alpha value is -1.95. The van der Waals surface area contributed by atoms with Gasteiger partial charge in [0.1, 0.15) is 16.4 Å². The first-order valence-electron chi connectivity index (χ1n) is 6.35. The zero-order valence-corrected chi connectivity index (χ0v) is 12.5. The minimum atomic E-state index is -0.413. The molecule has 0 radical (unpaired) electrons. The van der Waals surface area contributed by atoms with Gasteiger partial charge in [-0.1, -0.05) is 0 Å². The third kappa shape index (κ3) is 3.14. The Morgan fingerprint density at radius 1 is 1.40 bits per heavy atom. The SMILES string of the molecule is CCOC(=O)c1cccnc1NC(C)(C)c1nccs1. The summed E-state index contributed by atoms with van der Waals surface area (Å²) in [5, 5.41) is 6.11. The van der Waals surface area contributed by atoms with Gasteiger partial charge >= 0.3 is 5.97 Å². The molecule has 0 atom stereocenters. The second-order valence-electron chi connectivity index (χ2n) is 4.71. The van der Waals surface area contributed by atoms with Crippen LogP contribution in [0.4, 0.5) is 5.82 Å². The Morgan fingerprint density at radius 3 is 2.85 bits per heavy atom. The second-order valence-corrected chi connectivity index (χ2v) is 5.60. The maximum Gasteiger partial charge on any atom is 0.341 e. The van der Waals surface area contributed by atoms with E-state index in [4.69, 9.17) is 4.74 Å². The zero-order valence-electron chi connectivity index (χ0n) is 11.7. The van der Waals surface area contributed by atoms with E-state index in [-0.39, 0.29) is 5.97 Å². The fourth-order valence-electron chi connectivity index (χ4n) is 1.76. The van der Waals surface area contributed by atoms with Crippen LogP contribution in [0, 0.1) is 0 Å². The van der Waals surface area contributed by atoms with Gasteiger partial charge in [0.05, 0.1) is 12.1 Å². The molecule has 1 N–H and O–H groups in total. The predicted octanol–water partition coefficient (Wildman–Crippen LogP) is 3.06. The highest BCUT2D eigenvalue weighted by Gasteiger charge is 2.26. The molecule has 0 aromatic carbocycles. The number of rotatable bonds is 5. The van der Waals surface area contributed by atoms with E-state index in [1.165, 1.54) is 0 Å². The molecule has 106 valence electrons. The summed E-state index contributed by atoms with van der Waals surface area (Å²) in [5.74, 6) is 0.129. The molecule has 20 heavy (non-hydrogen) atoms. The molecule has 2 rings (SSSR count). The number of carbonyl (C=O) groups is 1. The first kappa shape index (κ1) is 14.5. The van der Waals surface area contributed by atoms with E-state index < -0.39 is 5.54 Å². The van der Waals surface area contributed by atoms with E-state index in [1.54, 1.807) is 42.8 Å². The van der Waals surface area contributed by atoms with Crippen LogP contribution in [0.15, 0.2) is 29.9 Å². The third-order valence-electron chi connectivity index (χ3n) is 2.70. The van der Waals surface area contributed by atoms with Crippen molar-refractivity contribution in [3.05, 3.63) is 40.5 Å². The molecule has 0 bridgehead atoms. The van der Waals surface area contributed by atoms with Crippen LogP contribution < -0.4 is 5.32 Å². The van der Waals surface area contributed by atoms with E-state index in [2.05, 4.69) is 15.3 Å². The van der Waals surface area contributed by atoms with Crippen LogP contribution in [0.3, 0.4) is 0 Å². The van der Waals surface area contributed by atoms with Gasteiger partial charge < -0.3 is 10.1 Å². The van der Waals surface area contributed by atoms with Gasteiger partial charge in [-0.2, -0.15) is 0 Å². The van der Waals surface area contributed by atoms with Gasteiger partial charge in [0.2, 0.25) is 0 Å². The quantitative estimate of drug-likeness (QED) is 0.858. The van der Waals surface area contributed by atoms with Crippen molar-refractivity contribution in [2.45, 2.75) is 26.3 Å². The van der Waals surface area contributed by atoms with Crippen molar-refractivity contribution in [2.24, 2.45) is 0 Å². The number of anilines is 1. The topological polar surface area (TPSA) is 64.1 Å². The van der Waals surface area contributed by atoms with Gasteiger partial charge in [-0.05, 0) is 32.9 Å². The number of thiazole rings is 1. The van der Waals surface area contributed by atoms with E-state index >= 15 is 0 Å². The lowest BCUT2D eigenvalue weighted by Gasteiger charge is -2.25. The van der Waals surface area contributed by atoms with Crippen LogP contribution in [-0.2, 0) is 10.3 Å². The predicted molar refractivity (Wildman–Crippen MR) is 79.0 cm³/mol. The largest absolute Gasteiger partial charge is 0.462 e. The molecule has 0 unspecified atom stereocenters. The van der Waals surface area contributed by atoms with Gasteiger partial charge in [0.15, 0.2) is 0 Å². The van der Waals surface area contributed by atoms with Crippen LogP contribution in [0.2, 0.25) is 0 Å². The van der Waals surface area contributed by atoms with Crippen LogP contribution in [0.1, 0.15) is 36.1 Å². The Balaban J connectivity index is 2.28. The molecule has 2 aromatic rings. The highest BCUT2D eigenvalue weighted by atomic mass is 32.1. The van der Waals surface area contributed by atoms with Gasteiger partial charge in [0.25, 0.3) is 0 Å². The average Bonchev–Trinajstić information content (AvgIpc) is 2.94. The fourth-order valence-corrected chi connectivity index (χ4v) is 2.48. The molecule has 0 spiro atoms. The summed E-state index contributed by atoms with van der Waals surface area (Å²) < 4.78 is 5.04. The maximum atomic E-state index is 11.9. The van der Waals surface area contributed by atoms with Crippen molar-refractivity contribution >= 4 is 23.1 Å². The first-order chi connectivity index (χ1) is 9.54. The Bertz CT molecular complexity index is 582. The van der Waals surface area contributed by atoms with Crippen molar-refractivity contribution in [3.63, 3.8) is 0 Å². The van der Waals surface area contributed by atoms with Crippen LogP contribution in [0.25, 0.3) is 0 Å². The number of aromatic nitrogens is 2. The number of nitrogens with zero attached hydrogens (tertiary/aromatic N) is 2. The average molecular weight is 291 g/mol. The maximum absolute atomic E-state index is 11.9. The Morgan fingerprint density at radius 2 is 2.20 bits per heavy atom. The Labute approximate surface area is 122 Å². The number of pyridine rings is 1. The standard InChI is InChI=1S/C14H17N3O2S/c1-4-19-12(18)10-6-5-7-15-11(10)17-14(2,3)13-16-8-9-20-13/h5-9H,4H2,1-3H3,(H,15,17). The minimum Gasteiger partial charge on any atom is -0.462 e. The molecular formula is C14H17N3O2S. The molecule has 0 saturated heterocycles. The summed E-state index contributed by atoms with van der Waals surface area (Å²) in [6.07, 6.45) is 3.40. The molecule has 0 aliphatic rings. The molecule has 5 nitrogen and oxygen atoms in total. The molecule has 0 amide bonds. The first-order valence-corrected chi connectivity index (χ1v) is 7.23. The molecule has 2 aromatic heterocycles. The number of nitrogens with one attached hydrogen (secondary N) is 1. The van der Waals surface area contributed by atoms with Crippen LogP contribution >= 0.6 is 11.3 Å². The van der Waals surface area contributed by atoms with Gasteiger partial charge in [-0.3, -0.25) is 0 Å². The molecule has 6 heteroatoms. The van der Waals surface area contributed by atoms with E-state index in [1.807, 2.05) is 19.2 Å². The van der Waals surface area contributed by atoms with Crippen molar-refractivity contribution in [3.8, 4) is 0 Å². The lowest BCUT2D eigenvalue weighted by atomic mass is 10.1. The number of ether oxygens (including phenoxy) is 1. The van der Waals surface area contributed by atoms with E-state index in [0.717, 1.165) is 5.01 Å². The minimum absolute atomic E-state index is 0.336. The van der Waals surface area contributed by atoms with Crippen molar-refractivity contribution < 1.29 is 9.53 Å². The van der Waals surface area contributed by atoms with E-state index in [0.29, 0.717) is 18.0 Å². The third-order valence-corrected chi connectivity index (χ3v) is 3.80. The molecule has 2 heterocycles. The molecule has 0 fully saturated rings. The second kappa shape index (κ2) is 6.00.